The van der Waals surface area contributed by atoms with Crippen molar-refractivity contribution in [3.63, 3.8) is 0 Å². The van der Waals surface area contributed by atoms with Crippen molar-refractivity contribution in [2.24, 2.45) is 0 Å². The van der Waals surface area contributed by atoms with Gasteiger partial charge in [-0.05, 0) is 39.3 Å². The van der Waals surface area contributed by atoms with E-state index in [1.165, 1.54) is 38.9 Å². The van der Waals surface area contributed by atoms with E-state index in [9.17, 15) is 4.79 Å². The van der Waals surface area contributed by atoms with Crippen molar-refractivity contribution < 1.29 is 4.79 Å². The fourth-order valence-electron chi connectivity index (χ4n) is 3.38. The van der Waals surface area contributed by atoms with Crippen LogP contribution in [0.25, 0.3) is 0 Å². The number of Topliss-reactive ketones (excluding diaryl/α,β-unsaturated/α-hetero) is 1. The Labute approximate surface area is 112 Å². The van der Waals surface area contributed by atoms with Gasteiger partial charge >= 0.3 is 0 Å². The smallest absolute Gasteiger partial charge is 0.132 e. The molecule has 2 fully saturated rings. The fourth-order valence-corrected chi connectivity index (χ4v) is 3.38. The molecule has 0 spiro atoms. The maximum absolute atomic E-state index is 11.3. The number of ketones is 1. The molecule has 2 saturated heterocycles. The van der Waals surface area contributed by atoms with Crippen molar-refractivity contribution in [2.75, 3.05) is 26.2 Å². The van der Waals surface area contributed by atoms with Gasteiger partial charge in [-0.1, -0.05) is 13.3 Å². The van der Waals surface area contributed by atoms with Gasteiger partial charge in [0.15, 0.2) is 0 Å². The second-order valence-corrected chi connectivity index (χ2v) is 5.98. The number of hydrogen-bond acceptors (Lipinski definition) is 3. The largest absolute Gasteiger partial charge is 0.300 e. The lowest BCUT2D eigenvalue weighted by Gasteiger charge is -2.47. The highest BCUT2D eigenvalue weighted by Crippen LogP contribution is 2.24. The molecule has 0 aromatic rings. The van der Waals surface area contributed by atoms with Gasteiger partial charge in [0.25, 0.3) is 0 Å². The molecule has 2 aliphatic heterocycles. The van der Waals surface area contributed by atoms with E-state index in [4.69, 9.17) is 0 Å². The molecular weight excluding hydrogens is 224 g/mol. The Morgan fingerprint density at radius 3 is 2.89 bits per heavy atom. The van der Waals surface area contributed by atoms with Gasteiger partial charge in [0.2, 0.25) is 0 Å². The Morgan fingerprint density at radius 2 is 2.11 bits per heavy atom. The third-order valence-electron chi connectivity index (χ3n) is 4.61. The van der Waals surface area contributed by atoms with E-state index in [-0.39, 0.29) is 0 Å². The summed E-state index contributed by atoms with van der Waals surface area (Å²) in [5.41, 5.74) is 0. The van der Waals surface area contributed by atoms with E-state index in [0.717, 1.165) is 25.4 Å². The summed E-state index contributed by atoms with van der Waals surface area (Å²) < 4.78 is 0. The Balaban J connectivity index is 1.76. The first kappa shape index (κ1) is 14.0. The molecule has 0 aliphatic carbocycles. The first-order valence-corrected chi connectivity index (χ1v) is 7.70. The van der Waals surface area contributed by atoms with Crippen molar-refractivity contribution in [1.82, 2.24) is 9.80 Å². The van der Waals surface area contributed by atoms with E-state index >= 15 is 0 Å². The van der Waals surface area contributed by atoms with Gasteiger partial charge in [-0.25, -0.2) is 0 Å². The SMILES string of the molecule is CCC(=O)CCCN1CC2CCCCN2CC1C. The van der Waals surface area contributed by atoms with Crippen LogP contribution in [-0.2, 0) is 4.79 Å². The number of fused-ring (bicyclic) bond motifs is 1. The van der Waals surface area contributed by atoms with Crippen LogP contribution in [0.2, 0.25) is 0 Å². The minimum atomic E-state index is 0.416. The first-order chi connectivity index (χ1) is 8.70. The van der Waals surface area contributed by atoms with E-state index < -0.39 is 0 Å². The molecule has 0 radical (unpaired) electrons. The van der Waals surface area contributed by atoms with Gasteiger partial charge in [0, 0.05) is 38.0 Å². The number of hydrogen-bond donors (Lipinski definition) is 0. The van der Waals surface area contributed by atoms with Crippen LogP contribution in [0.5, 0.6) is 0 Å². The molecular formula is C15H28N2O. The summed E-state index contributed by atoms with van der Waals surface area (Å²) in [6, 6.07) is 1.45. The molecule has 2 heterocycles. The van der Waals surface area contributed by atoms with Gasteiger partial charge in [-0.15, -0.1) is 0 Å². The summed E-state index contributed by atoms with van der Waals surface area (Å²) in [4.78, 5) is 16.6. The Bertz CT molecular complexity index is 280. The summed E-state index contributed by atoms with van der Waals surface area (Å²) >= 11 is 0. The van der Waals surface area contributed by atoms with Gasteiger partial charge in [0.1, 0.15) is 5.78 Å². The maximum atomic E-state index is 11.3. The lowest BCUT2D eigenvalue weighted by atomic mass is 9.97. The van der Waals surface area contributed by atoms with Crippen molar-refractivity contribution in [3.05, 3.63) is 0 Å². The lowest BCUT2D eigenvalue weighted by Crippen LogP contribution is -2.58. The monoisotopic (exact) mass is 252 g/mol. The Kier molecular flexibility index (Phi) is 5.19. The average molecular weight is 252 g/mol. The molecule has 0 saturated carbocycles. The van der Waals surface area contributed by atoms with Crippen molar-refractivity contribution >= 4 is 5.78 Å². The van der Waals surface area contributed by atoms with Crippen LogP contribution < -0.4 is 0 Å². The van der Waals surface area contributed by atoms with Gasteiger partial charge in [-0.3, -0.25) is 14.6 Å². The molecule has 3 nitrogen and oxygen atoms in total. The first-order valence-electron chi connectivity index (χ1n) is 7.70. The average Bonchev–Trinajstić information content (AvgIpc) is 2.39. The van der Waals surface area contributed by atoms with Crippen LogP contribution in [0.15, 0.2) is 0 Å². The van der Waals surface area contributed by atoms with Crippen LogP contribution in [0.3, 0.4) is 0 Å². The van der Waals surface area contributed by atoms with Crippen molar-refractivity contribution in [3.8, 4) is 0 Å². The predicted octanol–water partition coefficient (Wildman–Crippen LogP) is 2.30. The highest BCUT2D eigenvalue weighted by Gasteiger charge is 2.32. The van der Waals surface area contributed by atoms with Gasteiger partial charge < -0.3 is 0 Å². The third-order valence-corrected chi connectivity index (χ3v) is 4.61. The van der Waals surface area contributed by atoms with Crippen molar-refractivity contribution in [1.29, 1.82) is 0 Å². The second-order valence-electron chi connectivity index (χ2n) is 5.98. The number of carbonyl (C=O) groups excluding carboxylic acids is 1. The van der Waals surface area contributed by atoms with Gasteiger partial charge in [-0.2, -0.15) is 0 Å². The molecule has 2 aliphatic rings. The minimum absolute atomic E-state index is 0.416. The quantitative estimate of drug-likeness (QED) is 0.750. The fraction of sp³-hybridized carbons (Fsp3) is 0.933. The summed E-state index contributed by atoms with van der Waals surface area (Å²) in [6.07, 6.45) is 6.67. The lowest BCUT2D eigenvalue weighted by molar-refractivity contribution is -0.119. The molecule has 3 heteroatoms. The van der Waals surface area contributed by atoms with Crippen molar-refractivity contribution in [2.45, 2.75) is 64.5 Å². The molecule has 104 valence electrons. The summed E-state index contributed by atoms with van der Waals surface area (Å²) in [7, 11) is 0. The molecule has 0 N–H and O–H groups in total. The number of piperidine rings is 1. The maximum Gasteiger partial charge on any atom is 0.132 e. The number of piperazine rings is 1. The van der Waals surface area contributed by atoms with Crippen LogP contribution in [0.4, 0.5) is 0 Å². The van der Waals surface area contributed by atoms with E-state index in [2.05, 4.69) is 16.7 Å². The molecule has 2 rings (SSSR count). The normalized spacial score (nSPS) is 30.1. The molecule has 18 heavy (non-hydrogen) atoms. The highest BCUT2D eigenvalue weighted by atomic mass is 16.1. The van der Waals surface area contributed by atoms with Crippen LogP contribution in [0, 0.1) is 0 Å². The second kappa shape index (κ2) is 6.67. The standard InChI is InChI=1S/C15H28N2O/c1-3-15(18)8-6-10-16-12-14-7-4-5-9-17(14)11-13(16)2/h13-14H,3-12H2,1-2H3. The van der Waals surface area contributed by atoms with E-state index in [1.54, 1.807) is 0 Å². The summed E-state index contributed by atoms with van der Waals surface area (Å²) in [5, 5.41) is 0. The minimum Gasteiger partial charge on any atom is -0.300 e. The topological polar surface area (TPSA) is 23.6 Å². The molecule has 2 atom stereocenters. The predicted molar refractivity (Wildman–Crippen MR) is 74.8 cm³/mol. The Morgan fingerprint density at radius 1 is 1.28 bits per heavy atom. The zero-order chi connectivity index (χ0) is 13.0. The van der Waals surface area contributed by atoms with E-state index in [0.29, 0.717) is 18.2 Å². The molecule has 0 amide bonds. The molecule has 0 aromatic carbocycles. The molecule has 2 unspecified atom stereocenters. The zero-order valence-corrected chi connectivity index (χ0v) is 12.0. The zero-order valence-electron chi connectivity index (χ0n) is 12.0. The van der Waals surface area contributed by atoms with Gasteiger partial charge in [0.05, 0.1) is 0 Å². The van der Waals surface area contributed by atoms with Crippen LogP contribution >= 0.6 is 0 Å². The molecule has 0 aromatic heterocycles. The number of carbonyl (C=O) groups is 1. The number of nitrogens with zero attached hydrogens (tertiary/aromatic N) is 2. The van der Waals surface area contributed by atoms with E-state index in [1.807, 2.05) is 6.92 Å². The third kappa shape index (κ3) is 3.55. The highest BCUT2D eigenvalue weighted by molar-refractivity contribution is 5.77. The summed E-state index contributed by atoms with van der Waals surface area (Å²) in [5.74, 6) is 0.416. The van der Waals surface area contributed by atoms with Crippen LogP contribution in [0.1, 0.15) is 52.4 Å². The Hall–Kier alpha value is -0.410. The summed E-state index contributed by atoms with van der Waals surface area (Å²) in [6.45, 7) is 9.17. The molecule has 0 bridgehead atoms. The number of rotatable bonds is 5. The van der Waals surface area contributed by atoms with Crippen LogP contribution in [-0.4, -0.2) is 53.8 Å².